The number of nitrogens with one attached hydrogen (secondary N) is 1. The van der Waals surface area contributed by atoms with E-state index >= 15 is 0 Å². The van der Waals surface area contributed by atoms with Crippen molar-refractivity contribution in [3.8, 4) is 0 Å². The molecule has 1 aromatic rings. The summed E-state index contributed by atoms with van der Waals surface area (Å²) < 4.78 is 67.2. The van der Waals surface area contributed by atoms with Gasteiger partial charge in [-0.25, -0.2) is 32.4 Å². The van der Waals surface area contributed by atoms with Crippen molar-refractivity contribution in [2.45, 2.75) is 70.4 Å². The van der Waals surface area contributed by atoms with Crippen molar-refractivity contribution < 1.29 is 66.0 Å². The fourth-order valence-electron chi connectivity index (χ4n) is 3.31. The maximum absolute atomic E-state index is 14.4. The van der Waals surface area contributed by atoms with Crippen LogP contribution < -0.4 is 11.2 Å². The second kappa shape index (κ2) is 13.7. The van der Waals surface area contributed by atoms with E-state index in [0.29, 0.717) is 4.57 Å². The van der Waals surface area contributed by atoms with Crippen LogP contribution in [0.3, 0.4) is 0 Å². The number of alkyl halides is 1. The molecule has 19 heteroatoms. The molecule has 2 heterocycles. The number of phosphoric ester groups is 1. The van der Waals surface area contributed by atoms with Crippen molar-refractivity contribution in [3.63, 3.8) is 0 Å². The maximum atomic E-state index is 14.4. The van der Waals surface area contributed by atoms with E-state index in [1.54, 1.807) is 0 Å². The molecule has 1 fully saturated rings. The van der Waals surface area contributed by atoms with Crippen LogP contribution in [0.15, 0.2) is 21.9 Å². The van der Waals surface area contributed by atoms with E-state index in [0.717, 1.165) is 19.2 Å². The lowest BCUT2D eigenvalue weighted by Gasteiger charge is -2.31. The molecule has 0 amide bonds. The van der Waals surface area contributed by atoms with Crippen LogP contribution in [0.25, 0.3) is 0 Å². The predicted molar refractivity (Wildman–Crippen MR) is 128 cm³/mol. The summed E-state index contributed by atoms with van der Waals surface area (Å²) in [5, 5.41) is 21.7. The Hall–Kier alpha value is -2.86. The SMILES string of the molecule is CC(C)OC(=O)OCOP(=O)(OCOC(=O)OC(C)C)OCC1(CF)OC(n2ccc(=O)[nH]c2=O)C(C)(O)C1O. The van der Waals surface area contributed by atoms with Crippen molar-refractivity contribution in [2.24, 2.45) is 0 Å². The van der Waals surface area contributed by atoms with E-state index in [9.17, 15) is 38.3 Å². The molecule has 1 aromatic heterocycles. The van der Waals surface area contributed by atoms with Crippen LogP contribution in [0.4, 0.5) is 14.0 Å². The van der Waals surface area contributed by atoms with Crippen molar-refractivity contribution >= 4 is 20.1 Å². The number of aliphatic hydroxyl groups excluding tert-OH is 1. The minimum atomic E-state index is -4.91. The van der Waals surface area contributed by atoms with Gasteiger partial charge in [0.15, 0.2) is 11.8 Å². The summed E-state index contributed by atoms with van der Waals surface area (Å²) in [5.41, 5.74) is -6.64. The van der Waals surface area contributed by atoms with Gasteiger partial charge in [-0.05, 0) is 34.6 Å². The van der Waals surface area contributed by atoms with Crippen LogP contribution in [-0.4, -0.2) is 88.5 Å². The van der Waals surface area contributed by atoms with E-state index in [2.05, 4.69) is 9.47 Å². The molecule has 0 aliphatic carbocycles. The highest BCUT2D eigenvalue weighted by Crippen LogP contribution is 2.52. The Bertz CT molecular complexity index is 1150. The highest BCUT2D eigenvalue weighted by atomic mass is 31.2. The molecule has 17 nitrogen and oxygen atoms in total. The third kappa shape index (κ3) is 8.57. The molecule has 0 bridgehead atoms. The lowest BCUT2D eigenvalue weighted by molar-refractivity contribution is -0.141. The van der Waals surface area contributed by atoms with Gasteiger partial charge in [-0.1, -0.05) is 0 Å². The molecule has 0 saturated carbocycles. The molecule has 4 atom stereocenters. The molecule has 228 valence electrons. The Morgan fingerprint density at radius 1 is 1.10 bits per heavy atom. The number of halogens is 1. The summed E-state index contributed by atoms with van der Waals surface area (Å²) in [6, 6.07) is 0.920. The van der Waals surface area contributed by atoms with Crippen LogP contribution in [0, 0.1) is 0 Å². The van der Waals surface area contributed by atoms with Gasteiger partial charge in [0.25, 0.3) is 5.56 Å². The van der Waals surface area contributed by atoms with Gasteiger partial charge in [0.1, 0.15) is 18.4 Å². The van der Waals surface area contributed by atoms with Crippen molar-refractivity contribution in [1.82, 2.24) is 9.55 Å². The topological polar surface area (TPSA) is 220 Å². The van der Waals surface area contributed by atoms with Gasteiger partial charge in [0, 0.05) is 12.3 Å². The van der Waals surface area contributed by atoms with Crippen LogP contribution >= 0.6 is 7.82 Å². The van der Waals surface area contributed by atoms with Crippen molar-refractivity contribution in [3.05, 3.63) is 33.1 Å². The number of H-pyrrole nitrogens is 1. The van der Waals surface area contributed by atoms with Crippen LogP contribution in [0.1, 0.15) is 40.8 Å². The van der Waals surface area contributed by atoms with Crippen LogP contribution in [0.2, 0.25) is 0 Å². The summed E-state index contributed by atoms with van der Waals surface area (Å²) in [6.45, 7) is 2.29. The van der Waals surface area contributed by atoms with Gasteiger partial charge >= 0.3 is 25.8 Å². The zero-order valence-electron chi connectivity index (χ0n) is 22.3. The highest BCUT2D eigenvalue weighted by Gasteiger charge is 2.63. The summed E-state index contributed by atoms with van der Waals surface area (Å²) in [7, 11) is -4.91. The first-order valence-corrected chi connectivity index (χ1v) is 13.2. The Morgan fingerprint density at radius 2 is 1.62 bits per heavy atom. The number of carbonyl (C=O) groups is 2. The predicted octanol–water partition coefficient (Wildman–Crippen LogP) is 1.08. The van der Waals surface area contributed by atoms with Gasteiger partial charge < -0.3 is 33.9 Å². The second-order valence-corrected chi connectivity index (χ2v) is 10.8. The Kier molecular flexibility index (Phi) is 11.4. The van der Waals surface area contributed by atoms with Gasteiger partial charge in [0.05, 0.1) is 18.8 Å². The number of phosphoric acid groups is 1. The van der Waals surface area contributed by atoms with Crippen molar-refractivity contribution in [1.29, 1.82) is 0 Å². The van der Waals surface area contributed by atoms with Gasteiger partial charge in [-0.3, -0.25) is 18.9 Å². The van der Waals surface area contributed by atoms with E-state index in [-0.39, 0.29) is 0 Å². The zero-order chi connectivity index (χ0) is 30.3. The average molecular weight is 602 g/mol. The number of aromatic amines is 1. The number of aliphatic hydroxyl groups is 2. The molecule has 2 rings (SSSR count). The second-order valence-electron chi connectivity index (χ2n) is 9.15. The molecular formula is C21H32FN2O15P. The fraction of sp³-hybridized carbons (Fsp3) is 0.714. The summed E-state index contributed by atoms with van der Waals surface area (Å²) in [4.78, 5) is 48.7. The monoisotopic (exact) mass is 602 g/mol. The van der Waals surface area contributed by atoms with E-state index < -0.39 is 94.0 Å². The molecule has 0 aromatic carbocycles. The fourth-order valence-corrected chi connectivity index (χ4v) is 4.28. The number of aromatic nitrogens is 2. The smallest absolute Gasteiger partial charge is 0.432 e. The quantitative estimate of drug-likeness (QED) is 0.163. The molecule has 1 aliphatic heterocycles. The molecule has 1 saturated heterocycles. The summed E-state index contributed by atoms with van der Waals surface area (Å²) in [5.74, 6) is 0. The minimum absolute atomic E-state index is 0.562. The molecule has 0 spiro atoms. The van der Waals surface area contributed by atoms with Gasteiger partial charge in [-0.15, -0.1) is 0 Å². The largest absolute Gasteiger partial charge is 0.510 e. The first-order chi connectivity index (χ1) is 18.5. The third-order valence-corrected chi connectivity index (χ3v) is 6.42. The number of hydrogen-bond donors (Lipinski definition) is 3. The van der Waals surface area contributed by atoms with Crippen LogP contribution in [0.5, 0.6) is 0 Å². The lowest BCUT2D eigenvalue weighted by Crippen LogP contribution is -2.53. The maximum Gasteiger partial charge on any atom is 0.510 e. The minimum Gasteiger partial charge on any atom is -0.432 e. The average Bonchev–Trinajstić information content (AvgIpc) is 3.03. The number of nitrogens with zero attached hydrogens (tertiary/aromatic N) is 1. The first-order valence-electron chi connectivity index (χ1n) is 11.7. The molecule has 0 radical (unpaired) electrons. The Morgan fingerprint density at radius 3 is 2.08 bits per heavy atom. The Balaban J connectivity index is 2.22. The lowest BCUT2D eigenvalue weighted by atomic mass is 9.88. The zero-order valence-corrected chi connectivity index (χ0v) is 23.2. The highest BCUT2D eigenvalue weighted by molar-refractivity contribution is 7.48. The van der Waals surface area contributed by atoms with Gasteiger partial charge in [0.2, 0.25) is 13.6 Å². The summed E-state index contributed by atoms with van der Waals surface area (Å²) in [6.07, 6.45) is -6.47. The number of carbonyl (C=O) groups excluding carboxylic acids is 2. The number of rotatable bonds is 13. The molecule has 40 heavy (non-hydrogen) atoms. The first kappa shape index (κ1) is 33.3. The molecular weight excluding hydrogens is 570 g/mol. The van der Waals surface area contributed by atoms with Crippen LogP contribution in [-0.2, 0) is 41.8 Å². The number of hydrogen-bond acceptors (Lipinski definition) is 15. The number of ether oxygens (including phenoxy) is 5. The van der Waals surface area contributed by atoms with E-state index in [1.807, 2.05) is 4.98 Å². The molecule has 4 unspecified atom stereocenters. The standard InChI is InChI=1S/C21H32FN2O15P/c1-12(2)37-18(28)32-10-35-40(31,36-11-33-19(29)38-13(3)4)34-9-21(8-22)15(26)20(5,30)16(39-21)24-7-6-14(25)23-17(24)27/h6-7,12-13,15-16,26,30H,8-11H2,1-5H3,(H,23,25,27). The molecule has 3 N–H and O–H groups in total. The molecule has 1 aliphatic rings. The van der Waals surface area contributed by atoms with Crippen molar-refractivity contribution in [2.75, 3.05) is 26.9 Å². The van der Waals surface area contributed by atoms with E-state index in [4.69, 9.17) is 27.8 Å². The Labute approximate surface area is 226 Å². The van der Waals surface area contributed by atoms with Gasteiger partial charge in [-0.2, -0.15) is 0 Å². The van der Waals surface area contributed by atoms with E-state index in [1.165, 1.54) is 27.7 Å². The third-order valence-electron chi connectivity index (χ3n) is 5.13. The summed E-state index contributed by atoms with van der Waals surface area (Å²) >= 11 is 0. The normalized spacial score (nSPS) is 24.8.